The van der Waals surface area contributed by atoms with Crippen LogP contribution in [-0.2, 0) is 20.7 Å². The Morgan fingerprint density at radius 2 is 2.03 bits per heavy atom. The summed E-state index contributed by atoms with van der Waals surface area (Å²) in [6, 6.07) is 6.72. The monoisotopic (exact) mass is 453 g/mol. The summed E-state index contributed by atoms with van der Waals surface area (Å²) in [6.07, 6.45) is 1.64. The number of fused-ring (bicyclic) bond motifs is 1. The summed E-state index contributed by atoms with van der Waals surface area (Å²) in [5.41, 5.74) is 2.10. The molecular weight excluding hydrogens is 426 g/mol. The highest BCUT2D eigenvalue weighted by molar-refractivity contribution is 5.86. The van der Waals surface area contributed by atoms with Gasteiger partial charge in [-0.05, 0) is 24.8 Å². The molecule has 1 aliphatic rings. The van der Waals surface area contributed by atoms with Crippen molar-refractivity contribution >= 4 is 22.9 Å². The fourth-order valence-corrected chi connectivity index (χ4v) is 4.10. The number of esters is 1. The third-order valence-electron chi connectivity index (χ3n) is 5.79. The number of carbonyl (C=O) groups excluding carboxylic acids is 2. The van der Waals surface area contributed by atoms with Crippen LogP contribution in [0.1, 0.15) is 49.7 Å². The Hall–Kier alpha value is -3.69. The van der Waals surface area contributed by atoms with Gasteiger partial charge in [0.1, 0.15) is 23.1 Å². The molecular formula is C23H27N5O5. The average Bonchev–Trinajstić information content (AvgIpc) is 3.45. The highest BCUT2D eigenvalue weighted by Crippen LogP contribution is 2.24. The number of ether oxygens (including phenoxy) is 2. The molecule has 1 aliphatic heterocycles. The molecule has 1 atom stereocenters. The van der Waals surface area contributed by atoms with E-state index in [1.807, 2.05) is 32.0 Å². The maximum absolute atomic E-state index is 12.7. The average molecular weight is 453 g/mol. The Morgan fingerprint density at radius 1 is 1.24 bits per heavy atom. The number of nitrogens with zero attached hydrogens (tertiary/aromatic N) is 3. The topological polar surface area (TPSA) is 130 Å². The number of para-hydroxylation sites is 1. The van der Waals surface area contributed by atoms with Crippen LogP contribution < -0.4 is 10.3 Å². The van der Waals surface area contributed by atoms with E-state index in [1.165, 1.54) is 12.0 Å². The predicted molar refractivity (Wildman–Crippen MR) is 120 cm³/mol. The molecule has 3 aromatic rings. The highest BCUT2D eigenvalue weighted by Gasteiger charge is 2.34. The van der Waals surface area contributed by atoms with Crippen LogP contribution >= 0.6 is 0 Å². The van der Waals surface area contributed by atoms with Crippen LogP contribution in [0.25, 0.3) is 11.0 Å². The Balaban J connectivity index is 1.51. The molecule has 0 aliphatic carbocycles. The predicted octanol–water partition coefficient (Wildman–Crippen LogP) is 1.90. The maximum atomic E-state index is 12.7. The normalized spacial score (nSPS) is 15.9. The van der Waals surface area contributed by atoms with Gasteiger partial charge in [-0.3, -0.25) is 14.7 Å². The largest absolute Gasteiger partial charge is 0.483 e. The Bertz CT molecular complexity index is 1230. The molecule has 174 valence electrons. The molecule has 2 N–H and O–H groups in total. The van der Waals surface area contributed by atoms with E-state index in [9.17, 15) is 14.4 Å². The van der Waals surface area contributed by atoms with Crippen LogP contribution in [0.5, 0.6) is 5.75 Å². The number of carbonyl (C=O) groups is 2. The van der Waals surface area contributed by atoms with E-state index in [4.69, 9.17) is 9.47 Å². The molecule has 10 heteroatoms. The second-order valence-corrected chi connectivity index (χ2v) is 8.34. The first-order chi connectivity index (χ1) is 15.9. The van der Waals surface area contributed by atoms with E-state index in [2.05, 4.69) is 20.2 Å². The van der Waals surface area contributed by atoms with Gasteiger partial charge in [0.25, 0.3) is 11.5 Å². The maximum Gasteiger partial charge on any atom is 0.328 e. The Labute approximate surface area is 190 Å². The molecule has 0 saturated carbocycles. The van der Waals surface area contributed by atoms with E-state index < -0.39 is 12.0 Å². The lowest BCUT2D eigenvalue weighted by atomic mass is 10.1. The van der Waals surface area contributed by atoms with Crippen LogP contribution in [0.2, 0.25) is 0 Å². The van der Waals surface area contributed by atoms with Crippen molar-refractivity contribution in [1.82, 2.24) is 25.1 Å². The van der Waals surface area contributed by atoms with Gasteiger partial charge < -0.3 is 19.4 Å². The lowest BCUT2D eigenvalue weighted by Gasteiger charge is -2.23. The third kappa shape index (κ3) is 4.59. The standard InChI is InChI=1S/C23H27N5O5/c1-13(2)19-20-21(27-26-19)22(30)25-17(24-20)11-14-7-4-5-9-16(14)33-12-18(29)28-10-6-8-15(28)23(31)32-3/h4-5,7,9,13,15H,6,8,10-12H2,1-3H3,(H,26,27)(H,24,25,30). The molecule has 10 nitrogen and oxygen atoms in total. The molecule has 0 bridgehead atoms. The minimum atomic E-state index is -0.563. The summed E-state index contributed by atoms with van der Waals surface area (Å²) in [6.45, 7) is 4.30. The van der Waals surface area contributed by atoms with Crippen LogP contribution in [0.3, 0.4) is 0 Å². The van der Waals surface area contributed by atoms with Crippen LogP contribution in [0.15, 0.2) is 29.1 Å². The quantitative estimate of drug-likeness (QED) is 0.523. The van der Waals surface area contributed by atoms with Gasteiger partial charge in [0.05, 0.1) is 12.8 Å². The van der Waals surface area contributed by atoms with Crippen molar-refractivity contribution in [1.29, 1.82) is 0 Å². The van der Waals surface area contributed by atoms with Crippen molar-refractivity contribution in [3.63, 3.8) is 0 Å². The van der Waals surface area contributed by atoms with E-state index >= 15 is 0 Å². The van der Waals surface area contributed by atoms with Crippen LogP contribution in [0, 0.1) is 0 Å². The number of likely N-dealkylation sites (tertiary alicyclic amines) is 1. The number of amides is 1. The van der Waals surface area contributed by atoms with E-state index in [0.29, 0.717) is 36.5 Å². The number of nitrogens with one attached hydrogen (secondary N) is 2. The smallest absolute Gasteiger partial charge is 0.328 e. The van der Waals surface area contributed by atoms with Crippen molar-refractivity contribution in [2.45, 2.75) is 45.1 Å². The number of benzene rings is 1. The Morgan fingerprint density at radius 3 is 2.79 bits per heavy atom. The lowest BCUT2D eigenvalue weighted by Crippen LogP contribution is -2.43. The van der Waals surface area contributed by atoms with Gasteiger partial charge in [-0.1, -0.05) is 32.0 Å². The van der Waals surface area contributed by atoms with Crippen molar-refractivity contribution in [3.05, 3.63) is 51.7 Å². The molecule has 3 heterocycles. The molecule has 1 unspecified atom stereocenters. The van der Waals surface area contributed by atoms with Crippen LogP contribution in [0.4, 0.5) is 0 Å². The van der Waals surface area contributed by atoms with Crippen molar-refractivity contribution in [2.75, 3.05) is 20.3 Å². The Kier molecular flexibility index (Phi) is 6.43. The van der Waals surface area contributed by atoms with E-state index in [-0.39, 0.29) is 29.5 Å². The molecule has 2 aromatic heterocycles. The number of aromatic amines is 2. The van der Waals surface area contributed by atoms with Crippen molar-refractivity contribution < 1.29 is 19.1 Å². The number of hydrogen-bond donors (Lipinski definition) is 2. The minimum Gasteiger partial charge on any atom is -0.483 e. The van der Waals surface area contributed by atoms with Crippen molar-refractivity contribution in [3.8, 4) is 5.75 Å². The minimum absolute atomic E-state index is 0.137. The third-order valence-corrected chi connectivity index (χ3v) is 5.79. The first-order valence-corrected chi connectivity index (χ1v) is 10.9. The summed E-state index contributed by atoms with van der Waals surface area (Å²) in [5.74, 6) is 0.442. The van der Waals surface area contributed by atoms with Gasteiger partial charge in [0.2, 0.25) is 0 Å². The lowest BCUT2D eigenvalue weighted by molar-refractivity contribution is -0.151. The van der Waals surface area contributed by atoms with E-state index in [0.717, 1.165) is 17.7 Å². The molecule has 1 saturated heterocycles. The zero-order valence-corrected chi connectivity index (χ0v) is 18.9. The summed E-state index contributed by atoms with van der Waals surface area (Å²) in [5, 5.41) is 6.98. The highest BCUT2D eigenvalue weighted by atomic mass is 16.5. The first kappa shape index (κ1) is 22.5. The molecule has 0 spiro atoms. The van der Waals surface area contributed by atoms with E-state index in [1.54, 1.807) is 6.07 Å². The first-order valence-electron chi connectivity index (χ1n) is 10.9. The summed E-state index contributed by atoms with van der Waals surface area (Å²) < 4.78 is 10.6. The van der Waals surface area contributed by atoms with Gasteiger partial charge in [-0.25, -0.2) is 9.78 Å². The zero-order valence-electron chi connectivity index (χ0n) is 18.9. The van der Waals surface area contributed by atoms with Crippen molar-refractivity contribution in [2.24, 2.45) is 0 Å². The summed E-state index contributed by atoms with van der Waals surface area (Å²) in [7, 11) is 1.32. The second-order valence-electron chi connectivity index (χ2n) is 8.34. The van der Waals surface area contributed by atoms with Gasteiger partial charge in [0.15, 0.2) is 12.1 Å². The van der Waals surface area contributed by atoms with Gasteiger partial charge in [0, 0.05) is 18.5 Å². The number of methoxy groups -OCH3 is 1. The molecule has 4 rings (SSSR count). The van der Waals surface area contributed by atoms with Gasteiger partial charge in [-0.15, -0.1) is 0 Å². The van der Waals surface area contributed by atoms with Gasteiger partial charge in [-0.2, -0.15) is 5.10 Å². The fourth-order valence-electron chi connectivity index (χ4n) is 4.10. The fraction of sp³-hybridized carbons (Fsp3) is 0.435. The molecule has 1 fully saturated rings. The molecule has 1 aromatic carbocycles. The van der Waals surface area contributed by atoms with Crippen LogP contribution in [-0.4, -0.2) is 63.2 Å². The number of rotatable bonds is 7. The summed E-state index contributed by atoms with van der Waals surface area (Å²) >= 11 is 0. The number of aromatic nitrogens is 4. The summed E-state index contributed by atoms with van der Waals surface area (Å²) in [4.78, 5) is 46.0. The van der Waals surface area contributed by atoms with Gasteiger partial charge >= 0.3 is 5.97 Å². The SMILES string of the molecule is COC(=O)C1CCCN1C(=O)COc1ccccc1Cc1nc2c(C(C)C)[nH]nc2c(=O)[nH]1. The zero-order chi connectivity index (χ0) is 23.5. The number of H-pyrrole nitrogens is 2. The second kappa shape index (κ2) is 9.43. The number of hydrogen-bond acceptors (Lipinski definition) is 7. The molecule has 0 radical (unpaired) electrons. The molecule has 1 amide bonds. The molecule has 33 heavy (non-hydrogen) atoms.